The van der Waals surface area contributed by atoms with Gasteiger partial charge in [-0.3, -0.25) is 0 Å². The maximum Gasteiger partial charge on any atom is 0.0946 e. The van der Waals surface area contributed by atoms with E-state index in [9.17, 15) is 4.55 Å². The number of aliphatic hydroxyl groups is 2. The highest BCUT2D eigenvalue weighted by molar-refractivity contribution is 7.89. The predicted octanol–water partition coefficient (Wildman–Crippen LogP) is -1.02. The summed E-state index contributed by atoms with van der Waals surface area (Å²) in [5.74, 6) is 0. The second-order valence-electron chi connectivity index (χ2n) is 1.80. The average molecular weight is 184 g/mol. The average Bonchev–Trinajstić information content (AvgIpc) is 1.88. The van der Waals surface area contributed by atoms with Crippen molar-refractivity contribution in [2.24, 2.45) is 0 Å². The van der Waals surface area contributed by atoms with E-state index in [-0.39, 0.29) is 13.2 Å². The van der Waals surface area contributed by atoms with Gasteiger partial charge in [-0.15, -0.1) is 0 Å². The molecule has 0 aromatic rings. The molecule has 0 aromatic carbocycles. The van der Waals surface area contributed by atoms with Crippen molar-refractivity contribution in [3.8, 4) is 0 Å². The molecule has 0 fully saturated rings. The van der Waals surface area contributed by atoms with Gasteiger partial charge in [0.15, 0.2) is 0 Å². The van der Waals surface area contributed by atoms with Gasteiger partial charge in [-0.2, -0.15) is 0 Å². The van der Waals surface area contributed by atoms with Gasteiger partial charge in [0.05, 0.1) is 38.9 Å². The molecular weight excluding hydrogens is 168 g/mol. The highest BCUT2D eigenvalue weighted by atomic mass is 32.2. The molecule has 0 radical (unpaired) electrons. The smallest absolute Gasteiger partial charge is 0.0946 e. The Morgan fingerprint density at radius 2 is 1.45 bits per heavy atom. The van der Waals surface area contributed by atoms with Crippen LogP contribution in [0.1, 0.15) is 0 Å². The minimum Gasteiger partial charge on any atom is -0.617 e. The van der Waals surface area contributed by atoms with Crippen LogP contribution in [0, 0.1) is 0 Å². The van der Waals surface area contributed by atoms with E-state index < -0.39 is 11.2 Å². The van der Waals surface area contributed by atoms with Crippen LogP contribution in [-0.2, 0) is 15.9 Å². The molecule has 0 spiro atoms. The van der Waals surface area contributed by atoms with E-state index in [0.29, 0.717) is 13.2 Å². The Morgan fingerprint density at radius 3 is 1.64 bits per heavy atom. The van der Waals surface area contributed by atoms with Crippen LogP contribution in [0.4, 0.5) is 0 Å². The fourth-order valence-corrected chi connectivity index (χ4v) is 0.231. The lowest BCUT2D eigenvalue weighted by atomic mass is 10.7. The van der Waals surface area contributed by atoms with Crippen LogP contribution in [-0.4, -0.2) is 53.7 Å². The first-order valence-electron chi connectivity index (χ1n) is 3.19. The molecular formula is C6H16O4S. The van der Waals surface area contributed by atoms with E-state index in [0.717, 1.165) is 0 Å². The molecule has 0 amide bonds. The zero-order valence-electron chi connectivity index (χ0n) is 6.95. The fraction of sp³-hybridized carbons (Fsp3) is 1.00. The summed E-state index contributed by atoms with van der Waals surface area (Å²) < 4.78 is 14.2. The largest absolute Gasteiger partial charge is 0.617 e. The van der Waals surface area contributed by atoms with Crippen molar-refractivity contribution < 1.29 is 19.5 Å². The summed E-state index contributed by atoms with van der Waals surface area (Å²) in [4.78, 5) is 0. The summed E-state index contributed by atoms with van der Waals surface area (Å²) in [5.41, 5.74) is 0. The van der Waals surface area contributed by atoms with Crippen molar-refractivity contribution in [3.05, 3.63) is 0 Å². The first-order valence-corrected chi connectivity index (χ1v) is 5.16. The SMILES string of the molecule is C[S+](C)[O-].OCCOCCO. The maximum atomic E-state index is 9.56. The molecule has 0 unspecified atom stereocenters. The van der Waals surface area contributed by atoms with E-state index in [2.05, 4.69) is 4.74 Å². The van der Waals surface area contributed by atoms with E-state index in [1.54, 1.807) is 12.5 Å². The van der Waals surface area contributed by atoms with Crippen molar-refractivity contribution in [3.63, 3.8) is 0 Å². The van der Waals surface area contributed by atoms with Crippen molar-refractivity contribution in [2.75, 3.05) is 38.9 Å². The van der Waals surface area contributed by atoms with Gasteiger partial charge in [-0.1, -0.05) is 11.2 Å². The number of ether oxygens (including phenoxy) is 1. The maximum absolute atomic E-state index is 9.56. The van der Waals surface area contributed by atoms with Crippen molar-refractivity contribution >= 4 is 11.2 Å². The van der Waals surface area contributed by atoms with Crippen LogP contribution < -0.4 is 0 Å². The Labute approximate surface area is 70.4 Å². The minimum atomic E-state index is -0.611. The Morgan fingerprint density at radius 1 is 1.18 bits per heavy atom. The molecule has 0 bridgehead atoms. The first-order chi connectivity index (χ1) is 5.15. The molecule has 2 N–H and O–H groups in total. The number of rotatable bonds is 4. The van der Waals surface area contributed by atoms with Crippen LogP contribution >= 0.6 is 0 Å². The Hall–Kier alpha value is 0.190. The van der Waals surface area contributed by atoms with Gasteiger partial charge in [0, 0.05) is 0 Å². The predicted molar refractivity (Wildman–Crippen MR) is 45.0 cm³/mol. The number of hydrogen-bond donors (Lipinski definition) is 2. The molecule has 0 aliphatic heterocycles. The van der Waals surface area contributed by atoms with Crippen molar-refractivity contribution in [1.29, 1.82) is 0 Å². The van der Waals surface area contributed by atoms with Crippen LogP contribution in [0.3, 0.4) is 0 Å². The molecule has 0 saturated carbocycles. The Balaban J connectivity index is 0. The molecule has 0 aliphatic carbocycles. The normalized spacial score (nSPS) is 9.27. The van der Waals surface area contributed by atoms with Crippen LogP contribution in [0.15, 0.2) is 0 Å². The van der Waals surface area contributed by atoms with E-state index in [1.807, 2.05) is 0 Å². The summed E-state index contributed by atoms with van der Waals surface area (Å²) in [7, 11) is 0. The van der Waals surface area contributed by atoms with Gasteiger partial charge in [0.25, 0.3) is 0 Å². The lowest BCUT2D eigenvalue weighted by molar-refractivity contribution is 0.0650. The van der Waals surface area contributed by atoms with Gasteiger partial charge >= 0.3 is 0 Å². The summed E-state index contributed by atoms with van der Waals surface area (Å²) in [6, 6.07) is 0. The highest BCUT2D eigenvalue weighted by Gasteiger charge is 1.79. The summed E-state index contributed by atoms with van der Waals surface area (Å²) in [6.45, 7) is 0.696. The van der Waals surface area contributed by atoms with Crippen LogP contribution in [0.5, 0.6) is 0 Å². The number of aliphatic hydroxyl groups excluding tert-OH is 2. The third-order valence-corrected chi connectivity index (χ3v) is 0.471. The third-order valence-electron chi connectivity index (χ3n) is 0.471. The van der Waals surface area contributed by atoms with E-state index in [4.69, 9.17) is 10.2 Å². The molecule has 0 aromatic heterocycles. The quantitative estimate of drug-likeness (QED) is 0.433. The molecule has 70 valence electrons. The highest BCUT2D eigenvalue weighted by Crippen LogP contribution is 1.68. The second-order valence-corrected chi connectivity index (χ2v) is 3.28. The molecule has 0 aliphatic rings. The lowest BCUT2D eigenvalue weighted by Gasteiger charge is -1.94. The second kappa shape index (κ2) is 12.8. The molecule has 0 heterocycles. The zero-order chi connectivity index (χ0) is 9.11. The molecule has 11 heavy (non-hydrogen) atoms. The molecule has 0 saturated heterocycles. The van der Waals surface area contributed by atoms with Crippen LogP contribution in [0.2, 0.25) is 0 Å². The first kappa shape index (κ1) is 13.8. The molecule has 4 nitrogen and oxygen atoms in total. The Kier molecular flexibility index (Phi) is 16.0. The molecule has 0 rings (SSSR count). The number of hydrogen-bond acceptors (Lipinski definition) is 4. The Bertz CT molecular complexity index is 53.8. The topological polar surface area (TPSA) is 72.8 Å². The fourth-order valence-electron chi connectivity index (χ4n) is 0.231. The summed E-state index contributed by atoms with van der Waals surface area (Å²) in [5, 5.41) is 16.2. The van der Waals surface area contributed by atoms with Gasteiger partial charge in [0.1, 0.15) is 0 Å². The van der Waals surface area contributed by atoms with Crippen molar-refractivity contribution in [2.45, 2.75) is 0 Å². The van der Waals surface area contributed by atoms with E-state index in [1.165, 1.54) is 0 Å². The summed E-state index contributed by atoms with van der Waals surface area (Å²) >= 11 is -0.611. The zero-order valence-corrected chi connectivity index (χ0v) is 7.76. The van der Waals surface area contributed by atoms with E-state index >= 15 is 0 Å². The molecule has 5 heteroatoms. The monoisotopic (exact) mass is 184 g/mol. The van der Waals surface area contributed by atoms with Gasteiger partial charge < -0.3 is 19.5 Å². The van der Waals surface area contributed by atoms with Crippen molar-refractivity contribution in [1.82, 2.24) is 0 Å². The van der Waals surface area contributed by atoms with Crippen LogP contribution in [0.25, 0.3) is 0 Å². The third kappa shape index (κ3) is 38.9. The lowest BCUT2D eigenvalue weighted by Crippen LogP contribution is -2.03. The van der Waals surface area contributed by atoms with Gasteiger partial charge in [-0.25, -0.2) is 0 Å². The standard InChI is InChI=1S/C4H10O3.C2H6OS/c5-1-3-7-4-2-6;1-4(2)3/h5-6H,1-4H2;1-2H3. The van der Waals surface area contributed by atoms with Gasteiger partial charge in [-0.05, 0) is 0 Å². The summed E-state index contributed by atoms with van der Waals surface area (Å²) in [6.07, 6.45) is 3.28. The molecule has 0 atom stereocenters. The minimum absolute atomic E-state index is 0.0278. The van der Waals surface area contributed by atoms with Gasteiger partial charge in [0.2, 0.25) is 0 Å².